The fraction of sp³-hybridized carbons (Fsp3) is 0.350. The van der Waals surface area contributed by atoms with Crippen LogP contribution >= 0.6 is 11.8 Å². The van der Waals surface area contributed by atoms with Crippen LogP contribution in [0.4, 0.5) is 24.5 Å². The molecule has 148 valence electrons. The van der Waals surface area contributed by atoms with Gasteiger partial charge in [0, 0.05) is 9.79 Å². The molecular weight excluding hydrogens is 389 g/mol. The Kier molecular flexibility index (Phi) is 5.11. The number of carbonyl (C=O) groups excluding carboxylic acids is 1. The van der Waals surface area contributed by atoms with Crippen LogP contribution in [-0.4, -0.2) is 36.8 Å². The molecule has 0 saturated carbocycles. The monoisotopic (exact) mass is 409 g/mol. The highest BCUT2D eigenvalue weighted by Crippen LogP contribution is 2.49. The van der Waals surface area contributed by atoms with Crippen molar-refractivity contribution in [2.75, 3.05) is 24.5 Å². The molecule has 28 heavy (non-hydrogen) atoms. The SMILES string of the molecule is O=C(C[NH+]1CCCC(O)C1)N1c2ccccc2Sc2ccc(C(F)(F)F)cc21. The summed E-state index contributed by atoms with van der Waals surface area (Å²) in [5.74, 6) is -0.266. The zero-order valence-electron chi connectivity index (χ0n) is 15.0. The number of aliphatic hydroxyl groups excluding tert-OH is 1. The van der Waals surface area contributed by atoms with Crippen molar-refractivity contribution in [3.8, 4) is 0 Å². The molecule has 2 unspecified atom stereocenters. The number of halogens is 3. The van der Waals surface area contributed by atoms with Gasteiger partial charge in [0.1, 0.15) is 12.6 Å². The summed E-state index contributed by atoms with van der Waals surface area (Å²) in [6, 6.07) is 10.8. The Morgan fingerprint density at radius 1 is 1.18 bits per heavy atom. The van der Waals surface area contributed by atoms with Gasteiger partial charge in [-0.25, -0.2) is 0 Å². The predicted octanol–water partition coefficient (Wildman–Crippen LogP) is 2.87. The van der Waals surface area contributed by atoms with E-state index in [4.69, 9.17) is 0 Å². The van der Waals surface area contributed by atoms with Crippen LogP contribution in [0.1, 0.15) is 18.4 Å². The summed E-state index contributed by atoms with van der Waals surface area (Å²) < 4.78 is 39.8. The molecule has 1 fully saturated rings. The highest BCUT2D eigenvalue weighted by Gasteiger charge is 2.36. The number of quaternary nitrogens is 1. The van der Waals surface area contributed by atoms with Crippen LogP contribution in [0.25, 0.3) is 0 Å². The van der Waals surface area contributed by atoms with Gasteiger partial charge in [0.15, 0.2) is 6.54 Å². The van der Waals surface area contributed by atoms with Crippen LogP contribution in [0.3, 0.4) is 0 Å². The Morgan fingerprint density at radius 3 is 2.68 bits per heavy atom. The van der Waals surface area contributed by atoms with Gasteiger partial charge in [-0.3, -0.25) is 9.69 Å². The molecule has 2 heterocycles. The summed E-state index contributed by atoms with van der Waals surface area (Å²) in [4.78, 5) is 17.0. The highest BCUT2D eigenvalue weighted by molar-refractivity contribution is 7.99. The maximum atomic E-state index is 13.3. The largest absolute Gasteiger partial charge is 0.416 e. The maximum absolute atomic E-state index is 13.3. The minimum absolute atomic E-state index is 0.131. The number of anilines is 2. The normalized spacial score (nSPS) is 21.8. The van der Waals surface area contributed by atoms with Crippen molar-refractivity contribution in [3.05, 3.63) is 48.0 Å². The van der Waals surface area contributed by atoms with Crippen molar-refractivity contribution in [1.29, 1.82) is 0 Å². The number of hydrogen-bond acceptors (Lipinski definition) is 3. The second-order valence-corrected chi connectivity index (χ2v) is 8.24. The molecule has 0 aromatic heterocycles. The molecule has 1 amide bonds. The van der Waals surface area contributed by atoms with E-state index in [9.17, 15) is 23.1 Å². The number of para-hydroxylation sites is 1. The van der Waals surface area contributed by atoms with Crippen LogP contribution in [0.5, 0.6) is 0 Å². The van der Waals surface area contributed by atoms with E-state index in [2.05, 4.69) is 0 Å². The molecule has 2 aromatic rings. The quantitative estimate of drug-likeness (QED) is 0.802. The lowest BCUT2D eigenvalue weighted by atomic mass is 10.1. The average Bonchev–Trinajstić information content (AvgIpc) is 2.64. The number of fused-ring (bicyclic) bond motifs is 2. The number of carbonyl (C=O) groups is 1. The molecule has 2 N–H and O–H groups in total. The number of alkyl halides is 3. The van der Waals surface area contributed by atoms with Gasteiger partial charge in [0.05, 0.1) is 23.5 Å². The van der Waals surface area contributed by atoms with Gasteiger partial charge < -0.3 is 10.0 Å². The second-order valence-electron chi connectivity index (χ2n) is 7.16. The summed E-state index contributed by atoms with van der Waals surface area (Å²) in [5, 5.41) is 9.87. The standard InChI is InChI=1S/C20H19F3N2O2S/c21-20(22,23)13-7-8-18-16(10-13)25(15-5-1-2-6-17(15)28-18)19(27)12-24-9-3-4-14(26)11-24/h1-2,5-8,10,14,26H,3-4,9,11-12H2/p+1. The summed E-state index contributed by atoms with van der Waals surface area (Å²) in [6.45, 7) is 1.37. The minimum atomic E-state index is -4.48. The van der Waals surface area contributed by atoms with Crippen molar-refractivity contribution in [2.24, 2.45) is 0 Å². The molecule has 2 aliphatic rings. The van der Waals surface area contributed by atoms with Gasteiger partial charge in [0.25, 0.3) is 5.91 Å². The third-order valence-corrected chi connectivity index (χ3v) is 6.23. The van der Waals surface area contributed by atoms with Crippen molar-refractivity contribution < 1.29 is 28.0 Å². The predicted molar refractivity (Wildman–Crippen MR) is 100.0 cm³/mol. The lowest BCUT2D eigenvalue weighted by Gasteiger charge is -2.33. The number of aliphatic hydroxyl groups is 1. The van der Waals surface area contributed by atoms with Crippen LogP contribution in [0.2, 0.25) is 0 Å². The average molecular weight is 409 g/mol. The first kappa shape index (κ1) is 19.3. The summed E-state index contributed by atoms with van der Waals surface area (Å²) in [7, 11) is 0. The lowest BCUT2D eigenvalue weighted by molar-refractivity contribution is -0.900. The Labute approximate surface area is 164 Å². The fourth-order valence-corrected chi connectivity index (χ4v) is 4.82. The van der Waals surface area contributed by atoms with Crippen molar-refractivity contribution in [3.63, 3.8) is 0 Å². The summed E-state index contributed by atoms with van der Waals surface area (Å²) in [5.41, 5.74) is 0.0894. The van der Waals surface area contributed by atoms with Gasteiger partial charge in [-0.2, -0.15) is 13.2 Å². The molecule has 0 radical (unpaired) electrons. The van der Waals surface area contributed by atoms with E-state index in [1.54, 1.807) is 12.1 Å². The van der Waals surface area contributed by atoms with Gasteiger partial charge >= 0.3 is 6.18 Å². The zero-order valence-corrected chi connectivity index (χ0v) is 15.8. The van der Waals surface area contributed by atoms with E-state index >= 15 is 0 Å². The van der Waals surface area contributed by atoms with Crippen molar-refractivity contribution in [2.45, 2.75) is 34.9 Å². The lowest BCUT2D eigenvalue weighted by Crippen LogP contribution is -3.15. The number of hydrogen-bond donors (Lipinski definition) is 2. The van der Waals surface area contributed by atoms with E-state index < -0.39 is 17.8 Å². The summed E-state index contributed by atoms with van der Waals surface area (Å²) >= 11 is 1.36. The molecule has 0 spiro atoms. The summed E-state index contributed by atoms with van der Waals surface area (Å²) in [6.07, 6.45) is -3.37. The number of likely N-dealkylation sites (tertiary alicyclic amines) is 1. The Balaban J connectivity index is 1.72. The number of piperidine rings is 1. The van der Waals surface area contributed by atoms with E-state index in [0.717, 1.165) is 41.3 Å². The third-order valence-electron chi connectivity index (χ3n) is 5.10. The van der Waals surface area contributed by atoms with E-state index in [1.165, 1.54) is 22.7 Å². The number of nitrogens with one attached hydrogen (secondary N) is 1. The smallest absolute Gasteiger partial charge is 0.387 e. The molecule has 1 saturated heterocycles. The number of nitrogens with zero attached hydrogens (tertiary/aromatic N) is 1. The van der Waals surface area contributed by atoms with Crippen LogP contribution in [0.15, 0.2) is 52.3 Å². The number of rotatable bonds is 2. The fourth-order valence-electron chi connectivity index (χ4n) is 3.78. The molecule has 8 heteroatoms. The Hall–Kier alpha value is -2.03. The first-order chi connectivity index (χ1) is 13.3. The molecule has 0 bridgehead atoms. The Morgan fingerprint density at radius 2 is 1.93 bits per heavy atom. The molecule has 2 atom stereocenters. The topological polar surface area (TPSA) is 45.0 Å². The van der Waals surface area contributed by atoms with Crippen LogP contribution in [0, 0.1) is 0 Å². The van der Waals surface area contributed by atoms with Gasteiger partial charge in [0.2, 0.25) is 0 Å². The van der Waals surface area contributed by atoms with E-state index in [0.29, 0.717) is 17.1 Å². The maximum Gasteiger partial charge on any atom is 0.416 e. The zero-order chi connectivity index (χ0) is 19.9. The number of amides is 1. The molecule has 0 aliphatic carbocycles. The van der Waals surface area contributed by atoms with Gasteiger partial charge in [-0.05, 0) is 43.2 Å². The number of benzene rings is 2. The minimum Gasteiger partial charge on any atom is -0.387 e. The van der Waals surface area contributed by atoms with E-state index in [-0.39, 0.29) is 18.1 Å². The van der Waals surface area contributed by atoms with Gasteiger partial charge in [-0.15, -0.1) is 0 Å². The second kappa shape index (κ2) is 7.42. The molecule has 2 aromatic carbocycles. The van der Waals surface area contributed by atoms with Crippen LogP contribution in [-0.2, 0) is 11.0 Å². The van der Waals surface area contributed by atoms with Gasteiger partial charge in [-0.1, -0.05) is 23.9 Å². The molecule has 4 nitrogen and oxygen atoms in total. The molecule has 4 rings (SSSR count). The first-order valence-electron chi connectivity index (χ1n) is 9.15. The highest BCUT2D eigenvalue weighted by atomic mass is 32.2. The van der Waals surface area contributed by atoms with Crippen molar-refractivity contribution in [1.82, 2.24) is 0 Å². The van der Waals surface area contributed by atoms with Crippen LogP contribution < -0.4 is 9.80 Å². The molecular formula is C20H20F3N2O2S+. The Bertz CT molecular complexity index is 903. The first-order valence-corrected chi connectivity index (χ1v) is 9.97. The molecule has 2 aliphatic heterocycles. The van der Waals surface area contributed by atoms with Crippen molar-refractivity contribution >= 4 is 29.0 Å². The third kappa shape index (κ3) is 3.76. The van der Waals surface area contributed by atoms with E-state index in [1.807, 2.05) is 12.1 Å².